The standard InChI is InChI=1S/C34H48N2O2.2C34H47N2O2.2Mn/c3*1-31(2,3)21-16-25(33(7,8)9)29(37)27(18-21)35-23-14-13-15-24(20-23)36-28-19-22(32(4,5)6)17-26(30(28)38)34(10,11)12;;/h13-20,29-30,37-38H,1-12H3;2*13-20,29,37-38H,1-12H3;;/q;2*-1;;+2. The largest absolute Gasteiger partial charge is 2.00 e. The fraction of sp³-hybridized carbons (Fsp3) is 0.510. The maximum absolute atomic E-state index is 11.3. The average molecular weight is 1660 g/mol. The van der Waals surface area contributed by atoms with Crippen molar-refractivity contribution in [3.63, 3.8) is 0 Å². The zero-order valence-corrected chi connectivity index (χ0v) is 79.6. The normalized spacial score (nSPS) is 19.8. The third kappa shape index (κ3) is 25.9. The summed E-state index contributed by atoms with van der Waals surface area (Å²) in [6.07, 6.45) is 13.5. The van der Waals surface area contributed by atoms with Gasteiger partial charge in [-0.3, -0.25) is 20.0 Å². The van der Waals surface area contributed by atoms with Gasteiger partial charge >= 0.3 is 17.1 Å². The van der Waals surface area contributed by atoms with E-state index in [2.05, 4.69) is 286 Å². The molecule has 0 saturated carbocycles. The summed E-state index contributed by atoms with van der Waals surface area (Å²) in [7, 11) is 0. The summed E-state index contributed by atoms with van der Waals surface area (Å²) >= 11 is 0. The van der Waals surface area contributed by atoms with Crippen LogP contribution < -0.4 is 0 Å². The molecule has 0 aliphatic heterocycles. The van der Waals surface area contributed by atoms with Crippen molar-refractivity contribution in [2.24, 2.45) is 63.3 Å². The van der Waals surface area contributed by atoms with Gasteiger partial charge in [-0.1, -0.05) is 352 Å². The molecule has 4 aliphatic rings. The molecule has 2 radical (unpaired) electrons. The van der Waals surface area contributed by atoms with Crippen molar-refractivity contribution >= 4 is 68.3 Å². The molecule has 5 aromatic carbocycles. The molecule has 0 fully saturated rings. The van der Waals surface area contributed by atoms with Gasteiger partial charge < -0.3 is 41.3 Å². The van der Waals surface area contributed by atoms with Gasteiger partial charge in [-0.15, -0.1) is 11.4 Å². The Labute approximate surface area is 721 Å². The third-order valence-corrected chi connectivity index (χ3v) is 21.2. The summed E-state index contributed by atoms with van der Waals surface area (Å²) in [5.41, 5.74) is 18.7. The summed E-state index contributed by atoms with van der Waals surface area (Å²) < 4.78 is 0. The van der Waals surface area contributed by atoms with E-state index in [0.29, 0.717) is 57.0 Å². The van der Waals surface area contributed by atoms with Gasteiger partial charge in [0, 0.05) is 17.1 Å². The molecule has 6 N–H and O–H groups in total. The van der Waals surface area contributed by atoms with Gasteiger partial charge in [-0.2, -0.15) is 0 Å². The molecule has 0 heterocycles. The first kappa shape index (κ1) is 99.3. The molecule has 4 atom stereocenters. The first-order valence-electron chi connectivity index (χ1n) is 40.9. The van der Waals surface area contributed by atoms with Crippen molar-refractivity contribution in [2.45, 2.75) is 295 Å². The van der Waals surface area contributed by atoms with Crippen LogP contribution in [-0.4, -0.2) is 77.9 Å². The van der Waals surface area contributed by atoms with Gasteiger partial charge in [0.05, 0.1) is 45.6 Å². The van der Waals surface area contributed by atoms with Gasteiger partial charge in [-0.25, -0.2) is 0 Å². The molecule has 0 bridgehead atoms. The SMILES string of the molecule is CC(C)(C)C1=CC(=Nc2cccc(N=C3C=C(C(C)(C)C)C=C(C(C)(C)C)C3O)c2)C(O)C(C(C)(C)C)=C1.CC(C)(C)C1=CC(=Nc2cccc([N-]c3cc(C(C)(C)C)cc(C(C)(C)C)c3O)c2)C(O)C(C(C)(C)C)=C1.CC(C)(C)C1=CC(=Nc2cccc([N-]c3cc(C(C)(C)C)cc(C(C)(C)C)c3O)c2)C(O)C(C(C)(C)C)=C1.[Mn+2].[Mn]. The number of nitrogens with zero attached hydrogens (tertiary/aromatic N) is 6. The van der Waals surface area contributed by atoms with Crippen LogP contribution in [0.5, 0.6) is 11.5 Å². The molecule has 116 heavy (non-hydrogen) atoms. The van der Waals surface area contributed by atoms with Crippen molar-refractivity contribution in [3.8, 4) is 11.5 Å². The molecule has 14 heteroatoms. The van der Waals surface area contributed by atoms with Gasteiger partial charge in [0.2, 0.25) is 0 Å². The Hall–Kier alpha value is -7.22. The maximum Gasteiger partial charge on any atom is 2.00 e. The quantitative estimate of drug-likeness (QED) is 0.0835. The number of rotatable bonds is 8. The Morgan fingerprint density at radius 3 is 0.672 bits per heavy atom. The van der Waals surface area contributed by atoms with Gasteiger partial charge in [0.15, 0.2) is 0 Å². The molecular formula is C102H142Mn2N6O6. The Balaban J connectivity index is 0.000000308. The monoisotopic (exact) mass is 1660 g/mol. The molecule has 0 aromatic heterocycles. The second-order valence-corrected chi connectivity index (χ2v) is 44.1. The van der Waals surface area contributed by atoms with Crippen LogP contribution >= 0.6 is 0 Å². The number of allylic oxidation sites excluding steroid dienone is 8. The number of hydrogen-bond donors (Lipinski definition) is 6. The van der Waals surface area contributed by atoms with Gasteiger partial charge in [0.25, 0.3) is 0 Å². The van der Waals surface area contributed by atoms with Crippen molar-refractivity contribution in [1.29, 1.82) is 0 Å². The van der Waals surface area contributed by atoms with Crippen LogP contribution in [-0.2, 0) is 55.8 Å². The van der Waals surface area contributed by atoms with E-state index < -0.39 is 24.4 Å². The number of phenolic OH excluding ortho intramolecular Hbond substituents is 2. The van der Waals surface area contributed by atoms with E-state index >= 15 is 0 Å². The molecule has 0 spiro atoms. The molecule has 4 aliphatic carbocycles. The van der Waals surface area contributed by atoms with Crippen LogP contribution in [0.15, 0.2) is 210 Å². The number of aliphatic hydroxyl groups is 4. The Morgan fingerprint density at radius 2 is 0.474 bits per heavy atom. The van der Waals surface area contributed by atoms with E-state index in [4.69, 9.17) is 30.6 Å². The summed E-state index contributed by atoms with van der Waals surface area (Å²) in [5.74, 6) is 0.422. The Morgan fingerprint density at radius 1 is 0.259 bits per heavy atom. The molecule has 0 saturated heterocycles. The number of phenols is 2. The molecule has 0 amide bonds. The summed E-state index contributed by atoms with van der Waals surface area (Å²) in [6, 6.07) is 31.2. The minimum Gasteiger partial charge on any atom is -0.655 e. The second kappa shape index (κ2) is 36.0. The summed E-state index contributed by atoms with van der Waals surface area (Å²) in [5, 5.41) is 77.2. The van der Waals surface area contributed by atoms with Crippen LogP contribution in [0.4, 0.5) is 45.5 Å². The van der Waals surface area contributed by atoms with Gasteiger partial charge in [0.1, 0.15) is 35.9 Å². The minimum atomic E-state index is -0.774. The molecular weight excluding hydrogens is 1520 g/mol. The van der Waals surface area contributed by atoms with Crippen molar-refractivity contribution < 1.29 is 64.8 Å². The van der Waals surface area contributed by atoms with Crippen molar-refractivity contribution in [3.05, 3.63) is 223 Å². The fourth-order valence-electron chi connectivity index (χ4n) is 13.5. The molecule has 5 aromatic rings. The van der Waals surface area contributed by atoms with Crippen LogP contribution in [0.1, 0.15) is 272 Å². The molecule has 4 unspecified atom stereocenters. The fourth-order valence-corrected chi connectivity index (χ4v) is 13.5. The van der Waals surface area contributed by atoms with Gasteiger partial charge in [-0.05, 0) is 186 Å². The molecule has 9 rings (SSSR count). The zero-order chi connectivity index (χ0) is 86.5. The molecule has 12 nitrogen and oxygen atoms in total. The first-order chi connectivity index (χ1) is 51.5. The summed E-state index contributed by atoms with van der Waals surface area (Å²) in [6.45, 7) is 77.2. The third-order valence-electron chi connectivity index (χ3n) is 21.2. The maximum atomic E-state index is 11.3. The molecule has 630 valence electrons. The Kier molecular flexibility index (Phi) is 30.8. The predicted octanol–water partition coefficient (Wildman–Crippen LogP) is 27.9. The number of benzene rings is 5. The summed E-state index contributed by atoms with van der Waals surface area (Å²) in [4.78, 5) is 19.6. The topological polar surface area (TPSA) is 199 Å². The zero-order valence-electron chi connectivity index (χ0n) is 77.3. The number of aliphatic hydroxyl groups excluding tert-OH is 4. The van der Waals surface area contributed by atoms with Crippen LogP contribution in [0.25, 0.3) is 10.6 Å². The van der Waals surface area contributed by atoms with E-state index in [1.165, 1.54) is 0 Å². The van der Waals surface area contributed by atoms with Crippen LogP contribution in [0, 0.1) is 43.3 Å². The average Bonchev–Trinajstić information content (AvgIpc) is 0.807. The van der Waals surface area contributed by atoms with E-state index in [0.717, 1.165) is 78.2 Å². The van der Waals surface area contributed by atoms with Crippen molar-refractivity contribution in [1.82, 2.24) is 0 Å². The first-order valence-corrected chi connectivity index (χ1v) is 40.9. The Bertz CT molecular complexity index is 4500. The van der Waals surface area contributed by atoms with Crippen LogP contribution in [0.2, 0.25) is 0 Å². The number of aromatic hydroxyl groups is 2. The predicted molar refractivity (Wildman–Crippen MR) is 488 cm³/mol. The second-order valence-electron chi connectivity index (χ2n) is 44.1. The van der Waals surface area contributed by atoms with E-state index in [1.807, 2.05) is 109 Å². The number of aliphatic imine (C=N–C) groups is 4. The van der Waals surface area contributed by atoms with E-state index in [-0.39, 0.29) is 111 Å². The number of hydrogen-bond acceptors (Lipinski definition) is 10. The van der Waals surface area contributed by atoms with E-state index in [9.17, 15) is 30.6 Å². The van der Waals surface area contributed by atoms with Crippen molar-refractivity contribution in [2.75, 3.05) is 0 Å². The van der Waals surface area contributed by atoms with Crippen LogP contribution in [0.3, 0.4) is 0 Å². The smallest absolute Gasteiger partial charge is 0.655 e. The minimum absolute atomic E-state index is 0. The van der Waals surface area contributed by atoms with E-state index in [1.54, 1.807) is 0 Å².